The van der Waals surface area contributed by atoms with Crippen LogP contribution in [-0.2, 0) is 0 Å². The maximum Gasteiger partial charge on any atom is 0.404 e. The molecule has 0 spiro atoms. The molecule has 0 aliphatic rings. The second-order valence-electron chi connectivity index (χ2n) is 3.10. The van der Waals surface area contributed by atoms with E-state index in [-0.39, 0.29) is 12.6 Å². The van der Waals surface area contributed by atoms with Crippen LogP contribution in [-0.4, -0.2) is 28.8 Å². The second kappa shape index (κ2) is 5.91. The number of carboxylic acid groups (broad SMARTS) is 1. The highest BCUT2D eigenvalue weighted by atomic mass is 79.9. The largest absolute Gasteiger partial charge is 0.475 e. The SMILES string of the molecule is C[C@@H](COc1ncc(Cl)cc1Br)NC(=O)O. The fraction of sp³-hybridized carbons (Fsp3) is 0.333. The highest BCUT2D eigenvalue weighted by Gasteiger charge is 2.08. The van der Waals surface area contributed by atoms with Gasteiger partial charge in [-0.15, -0.1) is 0 Å². The van der Waals surface area contributed by atoms with Crippen LogP contribution in [0.15, 0.2) is 16.7 Å². The molecule has 0 aromatic carbocycles. The predicted octanol–water partition coefficient (Wildman–Crippen LogP) is 2.53. The number of nitrogens with one attached hydrogen (secondary N) is 1. The van der Waals surface area contributed by atoms with E-state index in [4.69, 9.17) is 21.4 Å². The number of halogens is 2. The van der Waals surface area contributed by atoms with Crippen molar-refractivity contribution in [2.45, 2.75) is 13.0 Å². The van der Waals surface area contributed by atoms with Gasteiger partial charge in [-0.2, -0.15) is 0 Å². The smallest absolute Gasteiger partial charge is 0.404 e. The lowest BCUT2D eigenvalue weighted by Crippen LogP contribution is -2.35. The molecule has 1 amide bonds. The highest BCUT2D eigenvalue weighted by molar-refractivity contribution is 9.10. The van der Waals surface area contributed by atoms with Gasteiger partial charge in [0.05, 0.1) is 15.5 Å². The van der Waals surface area contributed by atoms with E-state index < -0.39 is 6.09 Å². The summed E-state index contributed by atoms with van der Waals surface area (Å²) in [6, 6.07) is 1.33. The number of pyridine rings is 1. The number of aromatic nitrogens is 1. The molecule has 1 atom stereocenters. The van der Waals surface area contributed by atoms with Gasteiger partial charge in [0.1, 0.15) is 6.61 Å². The standard InChI is InChI=1S/C9H10BrClN2O3/c1-5(13-9(14)15)4-16-8-7(10)2-6(11)3-12-8/h2-3,5,13H,4H2,1H3,(H,14,15)/t5-/m0/s1. The summed E-state index contributed by atoms with van der Waals surface area (Å²) < 4.78 is 5.94. The van der Waals surface area contributed by atoms with Crippen LogP contribution >= 0.6 is 27.5 Å². The topological polar surface area (TPSA) is 71.5 Å². The molecule has 7 heteroatoms. The van der Waals surface area contributed by atoms with E-state index in [0.29, 0.717) is 15.4 Å². The van der Waals surface area contributed by atoms with Crippen molar-refractivity contribution in [1.82, 2.24) is 10.3 Å². The summed E-state index contributed by atoms with van der Waals surface area (Å²) in [7, 11) is 0. The van der Waals surface area contributed by atoms with Gasteiger partial charge >= 0.3 is 6.09 Å². The monoisotopic (exact) mass is 308 g/mol. The van der Waals surface area contributed by atoms with Crippen molar-refractivity contribution in [1.29, 1.82) is 0 Å². The van der Waals surface area contributed by atoms with Crippen molar-refractivity contribution in [3.05, 3.63) is 21.8 Å². The Balaban J connectivity index is 2.51. The summed E-state index contributed by atoms with van der Waals surface area (Å²) in [5, 5.41) is 11.2. The maximum atomic E-state index is 10.3. The number of hydrogen-bond donors (Lipinski definition) is 2. The number of ether oxygens (including phenoxy) is 1. The fourth-order valence-corrected chi connectivity index (χ4v) is 1.72. The molecule has 2 N–H and O–H groups in total. The summed E-state index contributed by atoms with van der Waals surface area (Å²) in [6.07, 6.45) is 0.371. The van der Waals surface area contributed by atoms with Crippen molar-refractivity contribution < 1.29 is 14.6 Å². The minimum absolute atomic E-state index is 0.194. The average molecular weight is 310 g/mol. The van der Waals surface area contributed by atoms with Crippen molar-refractivity contribution in [2.24, 2.45) is 0 Å². The van der Waals surface area contributed by atoms with E-state index >= 15 is 0 Å². The molecule has 0 aliphatic carbocycles. The van der Waals surface area contributed by atoms with Gasteiger partial charge in [-0.3, -0.25) is 0 Å². The minimum Gasteiger partial charge on any atom is -0.475 e. The predicted molar refractivity (Wildman–Crippen MR) is 63.1 cm³/mol. The van der Waals surface area contributed by atoms with Gasteiger partial charge in [0, 0.05) is 6.20 Å². The molecule has 88 valence electrons. The van der Waals surface area contributed by atoms with E-state index in [9.17, 15) is 4.79 Å². The van der Waals surface area contributed by atoms with Gasteiger partial charge in [-0.25, -0.2) is 9.78 Å². The van der Waals surface area contributed by atoms with Gasteiger partial charge in [0.25, 0.3) is 0 Å². The molecule has 0 unspecified atom stereocenters. The Morgan fingerprint density at radius 1 is 1.81 bits per heavy atom. The Labute approximate surface area is 106 Å². The first-order valence-corrected chi connectivity index (χ1v) is 5.59. The number of carbonyl (C=O) groups is 1. The van der Waals surface area contributed by atoms with E-state index in [1.54, 1.807) is 13.0 Å². The van der Waals surface area contributed by atoms with Crippen LogP contribution in [0.25, 0.3) is 0 Å². The number of nitrogens with zero attached hydrogens (tertiary/aromatic N) is 1. The maximum absolute atomic E-state index is 10.3. The molecule has 1 aromatic heterocycles. The Kier molecular flexibility index (Phi) is 4.82. The third-order valence-electron chi connectivity index (χ3n) is 1.61. The summed E-state index contributed by atoms with van der Waals surface area (Å²) in [4.78, 5) is 14.3. The quantitative estimate of drug-likeness (QED) is 0.896. The Morgan fingerprint density at radius 2 is 2.50 bits per heavy atom. The molecule has 0 saturated carbocycles. The van der Waals surface area contributed by atoms with Crippen LogP contribution in [0, 0.1) is 0 Å². The molecule has 5 nitrogen and oxygen atoms in total. The lowest BCUT2D eigenvalue weighted by Gasteiger charge is -2.12. The number of amides is 1. The average Bonchev–Trinajstić information content (AvgIpc) is 2.15. The summed E-state index contributed by atoms with van der Waals surface area (Å²) in [6.45, 7) is 1.89. The molecule has 0 radical (unpaired) electrons. The summed E-state index contributed by atoms with van der Waals surface area (Å²) >= 11 is 8.95. The normalized spacial score (nSPS) is 11.9. The van der Waals surface area contributed by atoms with Crippen LogP contribution in [0.5, 0.6) is 5.88 Å². The number of hydrogen-bond acceptors (Lipinski definition) is 3. The fourth-order valence-electron chi connectivity index (χ4n) is 0.965. The van der Waals surface area contributed by atoms with Gasteiger partial charge in [-0.1, -0.05) is 11.6 Å². The molecule has 1 heterocycles. The molecule has 0 fully saturated rings. The first-order chi connectivity index (χ1) is 7.49. The third-order valence-corrected chi connectivity index (χ3v) is 2.39. The lowest BCUT2D eigenvalue weighted by molar-refractivity contribution is 0.182. The van der Waals surface area contributed by atoms with E-state index in [0.717, 1.165) is 0 Å². The molecule has 0 bridgehead atoms. The van der Waals surface area contributed by atoms with Crippen molar-refractivity contribution in [3.63, 3.8) is 0 Å². The second-order valence-corrected chi connectivity index (χ2v) is 4.39. The first-order valence-electron chi connectivity index (χ1n) is 4.42. The minimum atomic E-state index is -1.08. The summed E-state index contributed by atoms with van der Waals surface area (Å²) in [5.41, 5.74) is 0. The van der Waals surface area contributed by atoms with Crippen LogP contribution in [0.4, 0.5) is 4.79 Å². The lowest BCUT2D eigenvalue weighted by atomic mass is 10.4. The van der Waals surface area contributed by atoms with Gasteiger partial charge in [-0.05, 0) is 28.9 Å². The molecule has 0 saturated heterocycles. The molecular weight excluding hydrogens is 299 g/mol. The Bertz CT molecular complexity index is 389. The first kappa shape index (κ1) is 13.1. The van der Waals surface area contributed by atoms with Crippen molar-refractivity contribution >= 4 is 33.6 Å². The third kappa shape index (κ3) is 4.24. The molecule has 0 aliphatic heterocycles. The van der Waals surface area contributed by atoms with Crippen LogP contribution < -0.4 is 10.1 Å². The molecule has 1 aromatic rings. The Morgan fingerprint density at radius 3 is 3.06 bits per heavy atom. The van der Waals surface area contributed by atoms with Gasteiger partial charge in [0.15, 0.2) is 0 Å². The van der Waals surface area contributed by atoms with Crippen LogP contribution in [0.1, 0.15) is 6.92 Å². The Hall–Kier alpha value is -1.01. The molecular formula is C9H10BrClN2O3. The van der Waals surface area contributed by atoms with Crippen molar-refractivity contribution in [3.8, 4) is 5.88 Å². The van der Waals surface area contributed by atoms with E-state index in [1.165, 1.54) is 6.20 Å². The van der Waals surface area contributed by atoms with Crippen LogP contribution in [0.2, 0.25) is 5.02 Å². The van der Waals surface area contributed by atoms with E-state index in [1.807, 2.05) is 0 Å². The molecule has 16 heavy (non-hydrogen) atoms. The van der Waals surface area contributed by atoms with Crippen molar-refractivity contribution in [2.75, 3.05) is 6.61 Å². The zero-order valence-corrected chi connectivity index (χ0v) is 10.7. The molecule has 1 rings (SSSR count). The summed E-state index contributed by atoms with van der Waals surface area (Å²) in [5.74, 6) is 0.378. The van der Waals surface area contributed by atoms with E-state index in [2.05, 4.69) is 26.2 Å². The highest BCUT2D eigenvalue weighted by Crippen LogP contribution is 2.24. The van der Waals surface area contributed by atoms with Gasteiger partial charge < -0.3 is 15.2 Å². The zero-order chi connectivity index (χ0) is 12.1. The zero-order valence-electron chi connectivity index (χ0n) is 8.41. The number of rotatable bonds is 4. The van der Waals surface area contributed by atoms with Crippen LogP contribution in [0.3, 0.4) is 0 Å². The van der Waals surface area contributed by atoms with Gasteiger partial charge in [0.2, 0.25) is 5.88 Å².